The molecule has 0 amide bonds. The molecule has 0 atom stereocenters. The van der Waals surface area contributed by atoms with Gasteiger partial charge in [0.15, 0.2) is 0 Å². The van der Waals surface area contributed by atoms with Crippen molar-refractivity contribution in [3.63, 3.8) is 0 Å². The molecule has 0 aliphatic rings. The molecule has 0 saturated carbocycles. The van der Waals surface area contributed by atoms with Gasteiger partial charge in [-0.3, -0.25) is 0 Å². The van der Waals surface area contributed by atoms with Crippen LogP contribution in [0.5, 0.6) is 0 Å². The lowest BCUT2D eigenvalue weighted by Crippen LogP contribution is -2.06. The predicted molar refractivity (Wildman–Crippen MR) is 58.7 cm³/mol. The Morgan fingerprint density at radius 2 is 2.29 bits per heavy atom. The molecule has 4 heteroatoms. The summed E-state index contributed by atoms with van der Waals surface area (Å²) in [6.07, 6.45) is 1.73. The third-order valence-corrected chi connectivity index (χ3v) is 2.93. The van der Waals surface area contributed by atoms with Crippen LogP contribution in [0.15, 0.2) is 6.07 Å². The number of hydrogen-bond donors (Lipinski definition) is 1. The first kappa shape index (κ1) is 11.0. The summed E-state index contributed by atoms with van der Waals surface area (Å²) in [5, 5.41) is 0.558. The van der Waals surface area contributed by atoms with E-state index in [1.54, 1.807) is 0 Å². The average Bonchev–Trinajstić information content (AvgIpc) is 2.56. The minimum absolute atomic E-state index is 0.305. The molecule has 14 heavy (non-hydrogen) atoms. The quantitative estimate of drug-likeness (QED) is 0.782. The molecule has 0 spiro atoms. The highest BCUT2D eigenvalue weighted by molar-refractivity contribution is 7.16. The summed E-state index contributed by atoms with van der Waals surface area (Å²) in [6, 6.07) is 1.82. The second-order valence-electron chi connectivity index (χ2n) is 2.98. The highest BCUT2D eigenvalue weighted by Crippen LogP contribution is 2.25. The van der Waals surface area contributed by atoms with E-state index in [4.69, 9.17) is 10.5 Å². The topological polar surface area (TPSA) is 52.3 Å². The minimum atomic E-state index is -0.305. The molecule has 0 saturated heterocycles. The molecule has 0 aliphatic carbocycles. The highest BCUT2D eigenvalue weighted by Gasteiger charge is 2.14. The van der Waals surface area contributed by atoms with Gasteiger partial charge in [-0.15, -0.1) is 11.3 Å². The van der Waals surface area contributed by atoms with E-state index in [9.17, 15) is 4.79 Å². The standard InChI is InChI=1S/C10H15NO2S/c1-3-5-13-10(12)8-6-7(4-2)14-9(8)11/h6H,3-5,11H2,1-2H3. The van der Waals surface area contributed by atoms with E-state index in [-0.39, 0.29) is 5.97 Å². The van der Waals surface area contributed by atoms with Gasteiger partial charge in [0.1, 0.15) is 5.00 Å². The Morgan fingerprint density at radius 1 is 1.57 bits per heavy atom. The third-order valence-electron chi connectivity index (χ3n) is 1.82. The van der Waals surface area contributed by atoms with Gasteiger partial charge in [-0.1, -0.05) is 13.8 Å². The van der Waals surface area contributed by atoms with Gasteiger partial charge in [0.05, 0.1) is 12.2 Å². The summed E-state index contributed by atoms with van der Waals surface area (Å²) in [4.78, 5) is 12.6. The maximum atomic E-state index is 11.5. The number of thiophene rings is 1. The van der Waals surface area contributed by atoms with Crippen molar-refractivity contribution in [2.45, 2.75) is 26.7 Å². The number of rotatable bonds is 4. The average molecular weight is 213 g/mol. The van der Waals surface area contributed by atoms with E-state index in [1.165, 1.54) is 11.3 Å². The number of carbonyl (C=O) groups excluding carboxylic acids is 1. The number of anilines is 1. The molecule has 0 unspecified atom stereocenters. The Labute approximate surface area is 87.9 Å². The first-order valence-electron chi connectivity index (χ1n) is 4.74. The number of hydrogen-bond acceptors (Lipinski definition) is 4. The van der Waals surface area contributed by atoms with E-state index in [2.05, 4.69) is 0 Å². The fraction of sp³-hybridized carbons (Fsp3) is 0.500. The molecule has 0 bridgehead atoms. The summed E-state index contributed by atoms with van der Waals surface area (Å²) < 4.78 is 5.00. The van der Waals surface area contributed by atoms with Gasteiger partial charge in [-0.2, -0.15) is 0 Å². The van der Waals surface area contributed by atoms with Crippen LogP contribution in [-0.2, 0) is 11.2 Å². The second kappa shape index (κ2) is 5.00. The fourth-order valence-corrected chi connectivity index (χ4v) is 1.92. The van der Waals surface area contributed by atoms with Crippen molar-refractivity contribution in [3.05, 3.63) is 16.5 Å². The van der Waals surface area contributed by atoms with Crippen molar-refractivity contribution in [2.75, 3.05) is 12.3 Å². The van der Waals surface area contributed by atoms with Crippen molar-refractivity contribution in [2.24, 2.45) is 0 Å². The normalized spacial score (nSPS) is 10.1. The number of nitrogen functional groups attached to an aromatic ring is 1. The van der Waals surface area contributed by atoms with Gasteiger partial charge >= 0.3 is 5.97 Å². The van der Waals surface area contributed by atoms with Crippen molar-refractivity contribution in [1.29, 1.82) is 0 Å². The molecular formula is C10H15NO2S. The lowest BCUT2D eigenvalue weighted by molar-refractivity contribution is 0.0507. The lowest BCUT2D eigenvalue weighted by Gasteiger charge is -2.00. The van der Waals surface area contributed by atoms with E-state index in [1.807, 2.05) is 19.9 Å². The van der Waals surface area contributed by atoms with Crippen LogP contribution in [0.25, 0.3) is 0 Å². The van der Waals surface area contributed by atoms with Crippen molar-refractivity contribution in [1.82, 2.24) is 0 Å². The van der Waals surface area contributed by atoms with Crippen molar-refractivity contribution >= 4 is 22.3 Å². The van der Waals surface area contributed by atoms with Crippen LogP contribution in [0.3, 0.4) is 0 Å². The third kappa shape index (κ3) is 2.48. The van der Waals surface area contributed by atoms with E-state index in [0.717, 1.165) is 17.7 Å². The Hall–Kier alpha value is -1.03. The molecule has 3 nitrogen and oxygen atoms in total. The zero-order valence-corrected chi connectivity index (χ0v) is 9.32. The summed E-state index contributed by atoms with van der Waals surface area (Å²) in [6.45, 7) is 4.45. The van der Waals surface area contributed by atoms with Crippen molar-refractivity contribution in [3.8, 4) is 0 Å². The first-order valence-corrected chi connectivity index (χ1v) is 5.56. The van der Waals surface area contributed by atoms with Gasteiger partial charge in [-0.05, 0) is 18.9 Å². The Bertz CT molecular complexity index is 320. The number of carbonyl (C=O) groups is 1. The van der Waals surface area contributed by atoms with E-state index < -0.39 is 0 Å². The van der Waals surface area contributed by atoms with Gasteiger partial charge in [-0.25, -0.2) is 4.79 Å². The number of esters is 1. The maximum Gasteiger partial charge on any atom is 0.341 e. The van der Waals surface area contributed by atoms with Crippen LogP contribution in [0, 0.1) is 0 Å². The zero-order valence-electron chi connectivity index (χ0n) is 8.50. The highest BCUT2D eigenvalue weighted by atomic mass is 32.1. The van der Waals surface area contributed by atoms with E-state index >= 15 is 0 Å². The number of nitrogens with two attached hydrogens (primary N) is 1. The summed E-state index contributed by atoms with van der Waals surface area (Å²) in [5.74, 6) is -0.305. The smallest absolute Gasteiger partial charge is 0.341 e. The maximum absolute atomic E-state index is 11.5. The molecular weight excluding hydrogens is 198 g/mol. The summed E-state index contributed by atoms with van der Waals surface area (Å²) >= 11 is 1.45. The minimum Gasteiger partial charge on any atom is -0.462 e. The molecule has 0 radical (unpaired) electrons. The fourth-order valence-electron chi connectivity index (χ4n) is 1.06. The van der Waals surface area contributed by atoms with Crippen LogP contribution < -0.4 is 5.73 Å². The number of ether oxygens (including phenoxy) is 1. The lowest BCUT2D eigenvalue weighted by atomic mass is 10.2. The van der Waals surface area contributed by atoms with Crippen LogP contribution in [-0.4, -0.2) is 12.6 Å². The second-order valence-corrected chi connectivity index (χ2v) is 4.15. The molecule has 1 heterocycles. The first-order chi connectivity index (χ1) is 6.69. The molecule has 2 N–H and O–H groups in total. The molecule has 1 aromatic heterocycles. The molecule has 0 aromatic carbocycles. The van der Waals surface area contributed by atoms with Crippen molar-refractivity contribution < 1.29 is 9.53 Å². The molecule has 0 aliphatic heterocycles. The molecule has 78 valence electrons. The van der Waals surface area contributed by atoms with Gasteiger partial charge in [0.25, 0.3) is 0 Å². The van der Waals surface area contributed by atoms with Crippen LogP contribution in [0.1, 0.15) is 35.5 Å². The van der Waals surface area contributed by atoms with Crippen LogP contribution >= 0.6 is 11.3 Å². The zero-order chi connectivity index (χ0) is 10.6. The van der Waals surface area contributed by atoms with Crippen LogP contribution in [0.4, 0.5) is 5.00 Å². The predicted octanol–water partition coefficient (Wildman–Crippen LogP) is 2.46. The van der Waals surface area contributed by atoms with Gasteiger partial charge < -0.3 is 10.5 Å². The molecule has 0 fully saturated rings. The Morgan fingerprint density at radius 3 is 2.79 bits per heavy atom. The Balaban J connectivity index is 2.73. The van der Waals surface area contributed by atoms with Gasteiger partial charge in [0, 0.05) is 4.88 Å². The summed E-state index contributed by atoms with van der Waals surface area (Å²) in [7, 11) is 0. The number of aryl methyl sites for hydroxylation is 1. The monoisotopic (exact) mass is 213 g/mol. The Kier molecular flexibility index (Phi) is 3.95. The van der Waals surface area contributed by atoms with Gasteiger partial charge in [0.2, 0.25) is 0 Å². The van der Waals surface area contributed by atoms with E-state index in [0.29, 0.717) is 17.2 Å². The summed E-state index contributed by atoms with van der Waals surface area (Å²) in [5.41, 5.74) is 6.22. The van der Waals surface area contributed by atoms with Crippen LogP contribution in [0.2, 0.25) is 0 Å². The molecule has 1 rings (SSSR count). The molecule has 1 aromatic rings. The SMILES string of the molecule is CCCOC(=O)c1cc(CC)sc1N. The largest absolute Gasteiger partial charge is 0.462 e.